The molecule has 1 fully saturated rings. The van der Waals surface area contributed by atoms with Crippen LogP contribution in [0.3, 0.4) is 0 Å². The van der Waals surface area contributed by atoms with Crippen molar-refractivity contribution in [3.05, 3.63) is 35.9 Å². The zero-order valence-corrected chi connectivity index (χ0v) is 9.91. The Kier molecular flexibility index (Phi) is 3.72. The number of amides is 2. The monoisotopic (exact) mass is 246 g/mol. The minimum Gasteiger partial charge on any atom is -0.335 e. The molecule has 1 aliphatic heterocycles. The summed E-state index contributed by atoms with van der Waals surface area (Å²) in [6.07, 6.45) is 0.314. The van der Waals surface area contributed by atoms with Gasteiger partial charge in [0.1, 0.15) is 0 Å². The van der Waals surface area contributed by atoms with Crippen LogP contribution in [0.4, 0.5) is 0 Å². The van der Waals surface area contributed by atoms with Crippen LogP contribution in [0.1, 0.15) is 10.4 Å². The van der Waals surface area contributed by atoms with Crippen LogP contribution in [0, 0.1) is 0 Å². The van der Waals surface area contributed by atoms with Gasteiger partial charge in [-0.2, -0.15) is 0 Å². The highest BCUT2D eigenvalue weighted by molar-refractivity contribution is 6.23. The van der Waals surface area contributed by atoms with E-state index < -0.39 is 5.91 Å². The number of piperazine rings is 1. The molecule has 5 heteroatoms. The van der Waals surface area contributed by atoms with E-state index in [1.807, 2.05) is 18.2 Å². The molecule has 0 bridgehead atoms. The fourth-order valence-corrected chi connectivity index (χ4v) is 1.97. The number of carbonyl (C=O) groups is 3. The number of aldehydes is 1. The lowest BCUT2D eigenvalue weighted by molar-refractivity contribution is -0.139. The van der Waals surface area contributed by atoms with E-state index in [2.05, 4.69) is 0 Å². The fraction of sp³-hybridized carbons (Fsp3) is 0.308. The van der Waals surface area contributed by atoms with Crippen molar-refractivity contribution in [3.63, 3.8) is 0 Å². The molecule has 0 atom stereocenters. The molecule has 0 spiro atoms. The van der Waals surface area contributed by atoms with Crippen LogP contribution in [-0.2, 0) is 9.59 Å². The molecule has 1 aliphatic rings. The van der Waals surface area contributed by atoms with Gasteiger partial charge >= 0.3 is 0 Å². The van der Waals surface area contributed by atoms with Crippen molar-refractivity contribution in [3.8, 4) is 0 Å². The summed E-state index contributed by atoms with van der Waals surface area (Å²) in [5.41, 5.74) is 0.646. The molecule has 1 aromatic carbocycles. The van der Waals surface area contributed by atoms with Gasteiger partial charge in [0.15, 0.2) is 0 Å². The molecule has 2 rings (SSSR count). The van der Waals surface area contributed by atoms with Crippen LogP contribution in [0.25, 0.3) is 0 Å². The van der Waals surface area contributed by atoms with E-state index in [0.29, 0.717) is 38.0 Å². The summed E-state index contributed by atoms with van der Waals surface area (Å²) in [5, 5.41) is 0. The summed E-state index contributed by atoms with van der Waals surface area (Å²) in [5.74, 6) is -0.546. The standard InChI is InChI=1S/C13H14N2O3/c16-10-12(17)14-6-8-15(9-7-14)13(18)11-4-2-1-3-5-11/h1-5,10H,6-9H2. The van der Waals surface area contributed by atoms with Gasteiger partial charge in [0.2, 0.25) is 6.29 Å². The van der Waals surface area contributed by atoms with Gasteiger partial charge in [-0.3, -0.25) is 14.4 Å². The lowest BCUT2D eigenvalue weighted by Gasteiger charge is -2.33. The van der Waals surface area contributed by atoms with Gasteiger partial charge in [0.05, 0.1) is 0 Å². The molecule has 0 aromatic heterocycles. The molecule has 5 nitrogen and oxygen atoms in total. The largest absolute Gasteiger partial charge is 0.335 e. The summed E-state index contributed by atoms with van der Waals surface area (Å²) in [7, 11) is 0. The summed E-state index contributed by atoms with van der Waals surface area (Å²) < 4.78 is 0. The minimum atomic E-state index is -0.512. The highest BCUT2D eigenvalue weighted by Gasteiger charge is 2.24. The zero-order valence-electron chi connectivity index (χ0n) is 9.91. The molecular weight excluding hydrogens is 232 g/mol. The van der Waals surface area contributed by atoms with Crippen LogP contribution >= 0.6 is 0 Å². The highest BCUT2D eigenvalue weighted by Crippen LogP contribution is 2.08. The summed E-state index contributed by atoms with van der Waals surface area (Å²) in [6.45, 7) is 1.76. The number of hydrogen-bond donors (Lipinski definition) is 0. The van der Waals surface area contributed by atoms with Crippen molar-refractivity contribution in [1.82, 2.24) is 9.80 Å². The van der Waals surface area contributed by atoms with E-state index in [0.717, 1.165) is 0 Å². The molecule has 1 heterocycles. The molecular formula is C13H14N2O3. The highest BCUT2D eigenvalue weighted by atomic mass is 16.2. The Morgan fingerprint density at radius 1 is 0.944 bits per heavy atom. The number of hydrogen-bond acceptors (Lipinski definition) is 3. The van der Waals surface area contributed by atoms with Crippen LogP contribution in [0.5, 0.6) is 0 Å². The topological polar surface area (TPSA) is 57.7 Å². The van der Waals surface area contributed by atoms with E-state index in [1.54, 1.807) is 17.0 Å². The van der Waals surface area contributed by atoms with Gasteiger partial charge in [-0.1, -0.05) is 18.2 Å². The predicted molar refractivity (Wildman–Crippen MR) is 65.0 cm³/mol. The van der Waals surface area contributed by atoms with Crippen molar-refractivity contribution >= 4 is 18.1 Å². The van der Waals surface area contributed by atoms with Gasteiger partial charge in [-0.05, 0) is 12.1 Å². The first-order chi connectivity index (χ1) is 8.72. The average Bonchev–Trinajstić information content (AvgIpc) is 2.47. The lowest BCUT2D eigenvalue weighted by atomic mass is 10.2. The van der Waals surface area contributed by atoms with Gasteiger partial charge in [0, 0.05) is 31.7 Å². The maximum Gasteiger partial charge on any atom is 0.286 e. The van der Waals surface area contributed by atoms with Crippen molar-refractivity contribution in [2.45, 2.75) is 0 Å². The van der Waals surface area contributed by atoms with Crippen LogP contribution in [-0.4, -0.2) is 54.1 Å². The van der Waals surface area contributed by atoms with Crippen molar-refractivity contribution < 1.29 is 14.4 Å². The molecule has 18 heavy (non-hydrogen) atoms. The van der Waals surface area contributed by atoms with Gasteiger partial charge in [-0.15, -0.1) is 0 Å². The van der Waals surface area contributed by atoms with Gasteiger partial charge in [-0.25, -0.2) is 0 Å². The van der Waals surface area contributed by atoms with E-state index in [4.69, 9.17) is 0 Å². The first kappa shape index (κ1) is 12.3. The minimum absolute atomic E-state index is 0.0335. The SMILES string of the molecule is O=CC(=O)N1CCN(C(=O)c2ccccc2)CC1. The molecule has 0 radical (unpaired) electrons. The summed E-state index contributed by atoms with van der Waals surface area (Å²) in [4.78, 5) is 36.8. The Balaban J connectivity index is 1.96. The Bertz CT molecular complexity index is 451. The van der Waals surface area contributed by atoms with E-state index in [1.165, 1.54) is 4.90 Å². The van der Waals surface area contributed by atoms with E-state index in [-0.39, 0.29) is 5.91 Å². The maximum absolute atomic E-state index is 12.1. The molecule has 0 unspecified atom stereocenters. The molecule has 1 aromatic rings. The van der Waals surface area contributed by atoms with Crippen molar-refractivity contribution in [1.29, 1.82) is 0 Å². The Labute approximate surface area is 105 Å². The smallest absolute Gasteiger partial charge is 0.286 e. The second-order valence-corrected chi connectivity index (χ2v) is 4.10. The first-order valence-electron chi connectivity index (χ1n) is 5.81. The average molecular weight is 246 g/mol. The fourth-order valence-electron chi connectivity index (χ4n) is 1.97. The normalized spacial score (nSPS) is 15.3. The number of carbonyl (C=O) groups excluding carboxylic acids is 3. The zero-order chi connectivity index (χ0) is 13.0. The van der Waals surface area contributed by atoms with E-state index >= 15 is 0 Å². The Hall–Kier alpha value is -2.17. The lowest BCUT2D eigenvalue weighted by Crippen LogP contribution is -2.50. The summed E-state index contributed by atoms with van der Waals surface area (Å²) >= 11 is 0. The third-order valence-corrected chi connectivity index (χ3v) is 3.00. The van der Waals surface area contributed by atoms with Crippen LogP contribution in [0.2, 0.25) is 0 Å². The third-order valence-electron chi connectivity index (χ3n) is 3.00. The maximum atomic E-state index is 12.1. The number of nitrogens with zero attached hydrogens (tertiary/aromatic N) is 2. The first-order valence-corrected chi connectivity index (χ1v) is 5.81. The van der Waals surface area contributed by atoms with Gasteiger partial charge in [0.25, 0.3) is 11.8 Å². The second-order valence-electron chi connectivity index (χ2n) is 4.10. The van der Waals surface area contributed by atoms with Crippen LogP contribution in [0.15, 0.2) is 30.3 Å². The molecule has 0 saturated carbocycles. The van der Waals surface area contributed by atoms with Crippen LogP contribution < -0.4 is 0 Å². The molecule has 94 valence electrons. The predicted octanol–water partition coefficient (Wildman–Crippen LogP) is 0.170. The third kappa shape index (κ3) is 2.56. The number of benzene rings is 1. The number of rotatable bonds is 2. The van der Waals surface area contributed by atoms with E-state index in [9.17, 15) is 14.4 Å². The molecule has 2 amide bonds. The summed E-state index contributed by atoms with van der Waals surface area (Å²) in [6, 6.07) is 9.03. The van der Waals surface area contributed by atoms with Crippen molar-refractivity contribution in [2.75, 3.05) is 26.2 Å². The quantitative estimate of drug-likeness (QED) is 0.552. The Morgan fingerprint density at radius 3 is 2.06 bits per heavy atom. The molecule has 0 N–H and O–H groups in total. The van der Waals surface area contributed by atoms with Gasteiger partial charge < -0.3 is 9.80 Å². The van der Waals surface area contributed by atoms with Crippen molar-refractivity contribution in [2.24, 2.45) is 0 Å². The molecule has 0 aliphatic carbocycles. The Morgan fingerprint density at radius 2 is 1.50 bits per heavy atom. The second kappa shape index (κ2) is 5.44. The molecule has 1 saturated heterocycles.